The van der Waals surface area contributed by atoms with E-state index >= 15 is 0 Å². The molecule has 2 aromatic rings. The third-order valence-electron chi connectivity index (χ3n) is 5.98. The highest BCUT2D eigenvalue weighted by molar-refractivity contribution is 5.90. The minimum absolute atomic E-state index is 0.0103. The first-order valence-corrected chi connectivity index (χ1v) is 14.4. The molecular formula is C39H37FO8. The van der Waals surface area contributed by atoms with Gasteiger partial charge in [0.05, 0.1) is 6.42 Å². The summed E-state index contributed by atoms with van der Waals surface area (Å²) in [5.74, 6) is -3.00. The molecule has 48 heavy (non-hydrogen) atoms. The Bertz CT molecular complexity index is 1800. The largest absolute Gasteiger partial charge is 0.428 e. The Hall–Kier alpha value is -6.09. The minimum Gasteiger partial charge on any atom is -0.428 e. The van der Waals surface area contributed by atoms with Crippen molar-refractivity contribution < 1.29 is 42.5 Å². The van der Waals surface area contributed by atoms with Gasteiger partial charge in [0.2, 0.25) is 0 Å². The number of benzene rings is 2. The van der Waals surface area contributed by atoms with Crippen LogP contribution in [0.2, 0.25) is 0 Å². The summed E-state index contributed by atoms with van der Waals surface area (Å²) in [6.07, 6.45) is 10.7. The molecule has 0 spiro atoms. The molecular weight excluding hydrogens is 615 g/mol. The highest BCUT2D eigenvalue weighted by Crippen LogP contribution is 2.30. The fraction of sp³-hybridized carbons (Fsp3) is 0.128. The fourth-order valence-electron chi connectivity index (χ4n) is 3.39. The van der Waals surface area contributed by atoms with Gasteiger partial charge < -0.3 is 18.9 Å². The molecule has 248 valence electrons. The van der Waals surface area contributed by atoms with E-state index in [4.69, 9.17) is 18.9 Å². The molecule has 0 heterocycles. The van der Waals surface area contributed by atoms with E-state index in [-0.39, 0.29) is 46.2 Å². The van der Waals surface area contributed by atoms with Gasteiger partial charge in [-0.2, -0.15) is 0 Å². The Balaban J connectivity index is 2.23. The lowest BCUT2D eigenvalue weighted by atomic mass is 10.1. The van der Waals surface area contributed by atoms with Gasteiger partial charge in [-0.1, -0.05) is 87.0 Å². The molecule has 2 aromatic carbocycles. The predicted octanol–water partition coefficient (Wildman–Crippen LogP) is 8.55. The molecule has 2 rings (SSSR count). The third-order valence-corrected chi connectivity index (χ3v) is 5.98. The summed E-state index contributed by atoms with van der Waals surface area (Å²) in [7, 11) is 0. The summed E-state index contributed by atoms with van der Waals surface area (Å²) in [5, 5.41) is 0. The normalized spacial score (nSPS) is 11.5. The summed E-state index contributed by atoms with van der Waals surface area (Å²) in [4.78, 5) is 47.7. The Labute approximate surface area is 279 Å². The lowest BCUT2D eigenvalue weighted by molar-refractivity contribution is -0.136. The maximum atomic E-state index is 15.0. The minimum atomic E-state index is -0.751. The summed E-state index contributed by atoms with van der Waals surface area (Å²) in [5.41, 5.74) is 2.69. The van der Waals surface area contributed by atoms with Crippen LogP contribution in [0.4, 0.5) is 4.39 Å². The molecule has 0 aliphatic carbocycles. The summed E-state index contributed by atoms with van der Waals surface area (Å²) in [6, 6.07) is 9.20. The van der Waals surface area contributed by atoms with Gasteiger partial charge in [-0.3, -0.25) is 0 Å². The zero-order valence-electron chi connectivity index (χ0n) is 27.4. The molecule has 9 heteroatoms. The molecule has 0 N–H and O–H groups in total. The topological polar surface area (TPSA) is 105 Å². The van der Waals surface area contributed by atoms with Crippen LogP contribution in [-0.4, -0.2) is 23.9 Å². The molecule has 0 atom stereocenters. The molecule has 0 bridgehead atoms. The van der Waals surface area contributed by atoms with Gasteiger partial charge >= 0.3 is 23.9 Å². The van der Waals surface area contributed by atoms with Gasteiger partial charge in [0.1, 0.15) is 17.3 Å². The first kappa shape index (κ1) is 38.1. The Morgan fingerprint density at radius 1 is 0.708 bits per heavy atom. The van der Waals surface area contributed by atoms with Gasteiger partial charge in [0, 0.05) is 28.4 Å². The van der Waals surface area contributed by atoms with E-state index < -0.39 is 29.7 Å². The second-order valence-electron chi connectivity index (χ2n) is 10.5. The number of carbonyl (C=O) groups is 4. The molecule has 0 fully saturated rings. The van der Waals surface area contributed by atoms with Crippen LogP contribution in [0.5, 0.6) is 11.5 Å². The molecule has 0 aliphatic heterocycles. The number of rotatable bonds is 15. The number of hydrogen-bond acceptors (Lipinski definition) is 8. The number of esters is 4. The fourth-order valence-corrected chi connectivity index (χ4v) is 3.39. The number of carbonyl (C=O) groups excluding carboxylic acids is 4. The summed E-state index contributed by atoms with van der Waals surface area (Å²) < 4.78 is 35.9. The van der Waals surface area contributed by atoms with Crippen LogP contribution in [-0.2, 0) is 28.7 Å². The third kappa shape index (κ3) is 12.7. The smallest absolute Gasteiger partial charge is 0.338 e. The Morgan fingerprint density at radius 2 is 1.31 bits per heavy atom. The van der Waals surface area contributed by atoms with E-state index in [1.54, 1.807) is 55.5 Å². The predicted molar refractivity (Wildman–Crippen MR) is 184 cm³/mol. The van der Waals surface area contributed by atoms with Crippen LogP contribution < -0.4 is 9.47 Å². The average Bonchev–Trinajstić information content (AvgIpc) is 3.02. The number of halogens is 1. The number of allylic oxidation sites excluding steroid dienone is 4. The maximum Gasteiger partial charge on any atom is 0.338 e. The second kappa shape index (κ2) is 18.2. The molecule has 0 saturated heterocycles. The van der Waals surface area contributed by atoms with E-state index in [9.17, 15) is 23.6 Å². The van der Waals surface area contributed by atoms with Gasteiger partial charge in [-0.15, -0.1) is 0 Å². The molecule has 0 unspecified atom stereocenters. The van der Waals surface area contributed by atoms with Crippen LogP contribution in [0, 0.1) is 5.82 Å². The lowest BCUT2D eigenvalue weighted by Gasteiger charge is -2.11. The van der Waals surface area contributed by atoms with Crippen molar-refractivity contribution in [3.8, 4) is 11.5 Å². The van der Waals surface area contributed by atoms with E-state index in [2.05, 4.69) is 32.9 Å². The van der Waals surface area contributed by atoms with Gasteiger partial charge in [-0.25, -0.2) is 23.6 Å². The molecule has 0 saturated carbocycles. The van der Waals surface area contributed by atoms with Gasteiger partial charge in [0.15, 0.2) is 11.5 Å². The second-order valence-corrected chi connectivity index (χ2v) is 10.5. The van der Waals surface area contributed by atoms with Gasteiger partial charge in [0.25, 0.3) is 0 Å². The van der Waals surface area contributed by atoms with Crippen molar-refractivity contribution in [3.63, 3.8) is 0 Å². The molecule has 0 aromatic heterocycles. The van der Waals surface area contributed by atoms with Crippen molar-refractivity contribution in [2.45, 2.75) is 34.1 Å². The number of ether oxygens (including phenoxy) is 4. The van der Waals surface area contributed by atoms with Crippen LogP contribution in [0.3, 0.4) is 0 Å². The van der Waals surface area contributed by atoms with Crippen molar-refractivity contribution in [1.82, 2.24) is 0 Å². The highest BCUT2D eigenvalue weighted by Gasteiger charge is 2.15. The Morgan fingerprint density at radius 3 is 1.92 bits per heavy atom. The zero-order valence-corrected chi connectivity index (χ0v) is 27.4. The quantitative estimate of drug-likeness (QED) is 0.0471. The molecule has 0 amide bonds. The maximum absolute atomic E-state index is 15.0. The van der Waals surface area contributed by atoms with Crippen LogP contribution in [0.1, 0.15) is 50.8 Å². The number of hydrogen-bond donors (Lipinski definition) is 0. The van der Waals surface area contributed by atoms with Crippen molar-refractivity contribution in [1.29, 1.82) is 0 Å². The van der Waals surface area contributed by atoms with Crippen molar-refractivity contribution in [2.24, 2.45) is 0 Å². The zero-order chi connectivity index (χ0) is 36.0. The van der Waals surface area contributed by atoms with Crippen molar-refractivity contribution in [3.05, 3.63) is 150 Å². The van der Waals surface area contributed by atoms with Crippen LogP contribution >= 0.6 is 0 Å². The molecule has 0 aliphatic rings. The Kier molecular flexibility index (Phi) is 14.4. The lowest BCUT2D eigenvalue weighted by Crippen LogP contribution is -2.11. The molecule has 8 nitrogen and oxygen atoms in total. The monoisotopic (exact) mass is 652 g/mol. The van der Waals surface area contributed by atoms with E-state index in [0.29, 0.717) is 16.7 Å². The summed E-state index contributed by atoms with van der Waals surface area (Å²) in [6.45, 7) is 24.0. The molecule has 0 radical (unpaired) electrons. The van der Waals surface area contributed by atoms with E-state index in [1.165, 1.54) is 45.0 Å². The van der Waals surface area contributed by atoms with E-state index in [0.717, 1.165) is 11.6 Å². The standard InChI is InChI=1S/C39H37FO8/c1-10-36(41)47-35-23-30(16-20-34(35)48-39(44)26(6)7)15-18-31-17-14-29(22-33(31)40)13-11-27(8)12-19-32(46-38(43)25(4)5)21-28(9)45-37(42)24(2)3/h10-20,22-23H,1-2,4,6,9,21H2,3,5,7-8H3/b13-11+,18-15+,27-12+,32-19+. The summed E-state index contributed by atoms with van der Waals surface area (Å²) >= 11 is 0. The van der Waals surface area contributed by atoms with Crippen LogP contribution in [0.15, 0.2) is 127 Å². The first-order valence-electron chi connectivity index (χ1n) is 14.4. The van der Waals surface area contributed by atoms with E-state index in [1.807, 2.05) is 0 Å². The van der Waals surface area contributed by atoms with Crippen molar-refractivity contribution in [2.75, 3.05) is 0 Å². The SMILES string of the molecule is C=CC(=O)Oc1cc(/C=C/c2ccc(/C=C/C(C)=C/C=C(\CC(=C)OC(=O)C(=C)C)OC(=O)C(=C)C)cc2F)ccc1OC(=O)C(=C)C. The van der Waals surface area contributed by atoms with Crippen molar-refractivity contribution >= 4 is 42.1 Å². The first-order chi connectivity index (χ1) is 22.6. The average molecular weight is 653 g/mol. The highest BCUT2D eigenvalue weighted by atomic mass is 19.1. The van der Waals surface area contributed by atoms with Crippen LogP contribution in [0.25, 0.3) is 18.2 Å². The van der Waals surface area contributed by atoms with Gasteiger partial charge in [-0.05, 0) is 63.1 Å².